The fraction of sp³-hybridized carbons (Fsp3) is 0.632. The Morgan fingerprint density at radius 1 is 1.19 bits per heavy atom. The molecule has 1 N–H and O–H groups in total. The number of fused-ring (bicyclic) bond motifs is 3. The average Bonchev–Trinajstić information content (AvgIpc) is 2.79. The highest BCUT2D eigenvalue weighted by Crippen LogP contribution is 2.58. The Balaban J connectivity index is 2.06. The summed E-state index contributed by atoms with van der Waals surface area (Å²) < 4.78 is 16.4. The predicted molar refractivity (Wildman–Crippen MR) is 89.6 cm³/mol. The number of esters is 3. The van der Waals surface area contributed by atoms with Crippen molar-refractivity contribution >= 4 is 17.9 Å². The summed E-state index contributed by atoms with van der Waals surface area (Å²) in [4.78, 5) is 35.2. The molecule has 0 bridgehead atoms. The second kappa shape index (κ2) is 6.23. The van der Waals surface area contributed by atoms with Gasteiger partial charge < -0.3 is 19.3 Å². The summed E-state index contributed by atoms with van der Waals surface area (Å²) >= 11 is 0. The molecule has 2 saturated carbocycles. The molecular weight excluding hydrogens is 340 g/mol. The molecule has 0 amide bonds. The normalized spacial score (nSPS) is 41.8. The number of aliphatic hydroxyl groups excluding tert-OH is 1. The molecular formula is C19H24O7. The molecule has 1 aliphatic heterocycles. The van der Waals surface area contributed by atoms with Crippen LogP contribution in [0.4, 0.5) is 0 Å². The van der Waals surface area contributed by atoms with Gasteiger partial charge >= 0.3 is 17.9 Å². The highest BCUT2D eigenvalue weighted by atomic mass is 16.6. The lowest BCUT2D eigenvalue weighted by atomic mass is 9.52. The maximum atomic E-state index is 12.0. The third kappa shape index (κ3) is 2.65. The minimum atomic E-state index is -0.911. The smallest absolute Gasteiger partial charge is 0.334 e. The van der Waals surface area contributed by atoms with E-state index < -0.39 is 53.7 Å². The Kier molecular flexibility index (Phi) is 4.46. The summed E-state index contributed by atoms with van der Waals surface area (Å²) in [6.45, 7) is 12.3. The van der Waals surface area contributed by atoms with Crippen molar-refractivity contribution < 1.29 is 33.7 Å². The van der Waals surface area contributed by atoms with Crippen LogP contribution in [0.25, 0.3) is 0 Å². The van der Waals surface area contributed by atoms with Gasteiger partial charge in [-0.3, -0.25) is 9.59 Å². The zero-order valence-corrected chi connectivity index (χ0v) is 15.2. The molecule has 0 aromatic carbocycles. The minimum absolute atomic E-state index is 0.203. The Bertz CT molecular complexity index is 696. The molecule has 7 atom stereocenters. The van der Waals surface area contributed by atoms with Crippen molar-refractivity contribution in [2.45, 2.75) is 58.0 Å². The van der Waals surface area contributed by atoms with E-state index in [1.165, 1.54) is 13.8 Å². The highest BCUT2D eigenvalue weighted by molar-refractivity contribution is 5.91. The van der Waals surface area contributed by atoms with Gasteiger partial charge in [-0.2, -0.15) is 0 Å². The van der Waals surface area contributed by atoms with Crippen molar-refractivity contribution in [1.29, 1.82) is 0 Å². The fourth-order valence-corrected chi connectivity index (χ4v) is 4.79. The summed E-state index contributed by atoms with van der Waals surface area (Å²) in [7, 11) is 0. The Labute approximate surface area is 152 Å². The van der Waals surface area contributed by atoms with Crippen molar-refractivity contribution in [3.63, 3.8) is 0 Å². The Hall–Kier alpha value is -2.15. The van der Waals surface area contributed by atoms with Crippen LogP contribution >= 0.6 is 0 Å². The molecule has 0 unspecified atom stereocenters. The maximum Gasteiger partial charge on any atom is 0.334 e. The van der Waals surface area contributed by atoms with Crippen LogP contribution in [-0.2, 0) is 28.6 Å². The zero-order chi connectivity index (χ0) is 19.4. The van der Waals surface area contributed by atoms with Crippen LogP contribution in [0.15, 0.2) is 24.3 Å². The first-order valence-electron chi connectivity index (χ1n) is 8.68. The average molecular weight is 364 g/mol. The van der Waals surface area contributed by atoms with Crippen LogP contribution in [0, 0.1) is 17.3 Å². The third-order valence-electron chi connectivity index (χ3n) is 6.09. The van der Waals surface area contributed by atoms with Gasteiger partial charge in [-0.1, -0.05) is 20.1 Å². The van der Waals surface area contributed by atoms with Crippen LogP contribution in [0.5, 0.6) is 0 Å². The number of hydrogen-bond donors (Lipinski definition) is 1. The summed E-state index contributed by atoms with van der Waals surface area (Å²) in [5, 5.41) is 10.9. The fourth-order valence-electron chi connectivity index (χ4n) is 4.79. The summed E-state index contributed by atoms with van der Waals surface area (Å²) in [6, 6.07) is 0. The van der Waals surface area contributed by atoms with Gasteiger partial charge in [-0.05, 0) is 12.0 Å². The van der Waals surface area contributed by atoms with Gasteiger partial charge in [0.2, 0.25) is 0 Å². The molecule has 0 radical (unpaired) electrons. The van der Waals surface area contributed by atoms with E-state index in [0.29, 0.717) is 11.1 Å². The van der Waals surface area contributed by atoms with Gasteiger partial charge in [-0.15, -0.1) is 0 Å². The first-order chi connectivity index (χ1) is 12.1. The van der Waals surface area contributed by atoms with E-state index in [2.05, 4.69) is 13.2 Å². The SMILES string of the molecule is C=C1[C@@H]2[C@H]3OC(=O)C(=C)[C@@H]3C[C@@H](O)[C@@]2(C)[C@@H](OC(C)=O)C[C@H]1OC(C)=O. The lowest BCUT2D eigenvalue weighted by molar-refractivity contribution is -0.204. The Morgan fingerprint density at radius 3 is 2.38 bits per heavy atom. The van der Waals surface area contributed by atoms with Gasteiger partial charge in [0.05, 0.1) is 6.10 Å². The minimum Gasteiger partial charge on any atom is -0.462 e. The third-order valence-corrected chi connectivity index (χ3v) is 6.09. The van der Waals surface area contributed by atoms with Gasteiger partial charge in [-0.25, -0.2) is 4.79 Å². The second-order valence-electron chi connectivity index (χ2n) is 7.60. The van der Waals surface area contributed by atoms with E-state index in [1.54, 1.807) is 6.92 Å². The van der Waals surface area contributed by atoms with Crippen molar-refractivity contribution in [1.82, 2.24) is 0 Å². The number of aliphatic hydroxyl groups is 1. The van der Waals surface area contributed by atoms with E-state index in [4.69, 9.17) is 14.2 Å². The lowest BCUT2D eigenvalue weighted by Gasteiger charge is -2.56. The van der Waals surface area contributed by atoms with E-state index in [0.717, 1.165) is 0 Å². The van der Waals surface area contributed by atoms with E-state index in [-0.39, 0.29) is 18.8 Å². The van der Waals surface area contributed by atoms with Crippen molar-refractivity contribution in [2.75, 3.05) is 0 Å². The van der Waals surface area contributed by atoms with Crippen LogP contribution < -0.4 is 0 Å². The molecule has 3 rings (SSSR count). The molecule has 0 spiro atoms. The topological polar surface area (TPSA) is 99.1 Å². The zero-order valence-electron chi connectivity index (χ0n) is 15.2. The van der Waals surface area contributed by atoms with Gasteiger partial charge in [0.1, 0.15) is 18.3 Å². The van der Waals surface area contributed by atoms with Gasteiger partial charge in [0.15, 0.2) is 0 Å². The number of carbonyl (C=O) groups excluding carboxylic acids is 3. The van der Waals surface area contributed by atoms with Crippen molar-refractivity contribution in [2.24, 2.45) is 17.3 Å². The largest absolute Gasteiger partial charge is 0.462 e. The lowest BCUT2D eigenvalue weighted by Crippen LogP contribution is -2.63. The summed E-state index contributed by atoms with van der Waals surface area (Å²) in [5.41, 5.74) is -0.0317. The second-order valence-corrected chi connectivity index (χ2v) is 7.60. The first kappa shape index (κ1) is 18.6. The number of ether oxygens (including phenoxy) is 3. The molecule has 1 saturated heterocycles. The molecule has 1 heterocycles. The number of hydrogen-bond acceptors (Lipinski definition) is 7. The predicted octanol–water partition coefficient (Wildman–Crippen LogP) is 1.29. The molecule has 0 aromatic rings. The van der Waals surface area contributed by atoms with Crippen LogP contribution in [-0.4, -0.2) is 47.4 Å². The van der Waals surface area contributed by atoms with Crippen molar-refractivity contribution in [3.8, 4) is 0 Å². The van der Waals surface area contributed by atoms with Crippen LogP contribution in [0.3, 0.4) is 0 Å². The van der Waals surface area contributed by atoms with E-state index >= 15 is 0 Å². The molecule has 142 valence electrons. The molecule has 2 aliphatic carbocycles. The Morgan fingerprint density at radius 2 is 1.81 bits per heavy atom. The number of carbonyl (C=O) groups is 3. The molecule has 3 aliphatic rings. The monoisotopic (exact) mass is 364 g/mol. The molecule has 0 aromatic heterocycles. The number of rotatable bonds is 2. The summed E-state index contributed by atoms with van der Waals surface area (Å²) in [6.07, 6.45) is -2.34. The molecule has 26 heavy (non-hydrogen) atoms. The van der Waals surface area contributed by atoms with Crippen molar-refractivity contribution in [3.05, 3.63) is 24.3 Å². The van der Waals surface area contributed by atoms with Gasteiger partial charge in [0.25, 0.3) is 0 Å². The van der Waals surface area contributed by atoms with E-state index in [1.807, 2.05) is 0 Å². The van der Waals surface area contributed by atoms with Crippen LogP contribution in [0.1, 0.15) is 33.6 Å². The molecule has 7 heteroatoms. The highest BCUT2D eigenvalue weighted by Gasteiger charge is 2.65. The van der Waals surface area contributed by atoms with E-state index in [9.17, 15) is 19.5 Å². The first-order valence-corrected chi connectivity index (χ1v) is 8.68. The van der Waals surface area contributed by atoms with Crippen LogP contribution in [0.2, 0.25) is 0 Å². The maximum absolute atomic E-state index is 12.0. The molecule has 3 fully saturated rings. The van der Waals surface area contributed by atoms with Gasteiger partial charge in [0, 0.05) is 43.1 Å². The summed E-state index contributed by atoms with van der Waals surface area (Å²) in [5.74, 6) is -2.35. The molecule has 7 nitrogen and oxygen atoms in total. The quantitative estimate of drug-likeness (QED) is 0.341. The standard InChI is InChI=1S/C19H24O7/c1-8-12-6-14(22)19(5)15(25-11(4)21)7-13(24-10(3)20)9(2)16(19)17(12)26-18(8)23/h12-17,22H,1-2,6-7H2,3-5H3/t12-,13+,14+,15-,16+,17-,19-/m0/s1.